The molecule has 4 rings (SSSR count). The molecule has 0 spiro atoms. The number of halogens is 2. The molecule has 0 aliphatic carbocycles. The van der Waals surface area contributed by atoms with Gasteiger partial charge in [0, 0.05) is 20.6 Å². The standard InChI is InChI=1S/C31H25BrFN3O4S/c1-40-24-11-5-7-20(15-24)16-28(36-30(38)21-8-3-2-4-9-21)31(39)34-23-10-6-12-25(18-23)41-19-29(37)35-27-14-13-22(32)17-26(27)33/h2-18H,19H2,1H3,(H,34,39)(H,35,37)(H,36,38)/b28-16-. The number of hydrogen-bond acceptors (Lipinski definition) is 5. The van der Waals surface area contributed by atoms with Gasteiger partial charge in [0.2, 0.25) is 5.91 Å². The zero-order valence-corrected chi connectivity index (χ0v) is 24.2. The predicted molar refractivity (Wildman–Crippen MR) is 163 cm³/mol. The first-order chi connectivity index (χ1) is 19.8. The molecule has 0 aliphatic heterocycles. The molecule has 3 N–H and O–H groups in total. The van der Waals surface area contributed by atoms with Crippen molar-refractivity contribution in [1.82, 2.24) is 5.32 Å². The van der Waals surface area contributed by atoms with Crippen LogP contribution >= 0.6 is 27.7 Å². The monoisotopic (exact) mass is 633 g/mol. The number of carbonyl (C=O) groups is 3. The second kappa shape index (κ2) is 14.3. The number of amides is 3. The highest BCUT2D eigenvalue weighted by Gasteiger charge is 2.16. The van der Waals surface area contributed by atoms with E-state index in [-0.39, 0.29) is 23.0 Å². The van der Waals surface area contributed by atoms with Crippen molar-refractivity contribution in [2.24, 2.45) is 0 Å². The van der Waals surface area contributed by atoms with E-state index < -0.39 is 17.6 Å². The second-order valence-corrected chi connectivity index (χ2v) is 10.6. The Balaban J connectivity index is 1.46. The van der Waals surface area contributed by atoms with Crippen LogP contribution in [0, 0.1) is 5.82 Å². The summed E-state index contributed by atoms with van der Waals surface area (Å²) in [5.74, 6) is -1.27. The van der Waals surface area contributed by atoms with Gasteiger partial charge in [0.25, 0.3) is 11.8 Å². The van der Waals surface area contributed by atoms with Crippen LogP contribution in [0.1, 0.15) is 15.9 Å². The van der Waals surface area contributed by atoms with Crippen molar-refractivity contribution in [3.05, 3.63) is 124 Å². The quantitative estimate of drug-likeness (QED) is 0.133. The molecular weight excluding hydrogens is 609 g/mol. The van der Waals surface area contributed by atoms with E-state index in [2.05, 4.69) is 31.9 Å². The Morgan fingerprint density at radius 3 is 2.44 bits per heavy atom. The van der Waals surface area contributed by atoms with Gasteiger partial charge in [-0.25, -0.2) is 4.39 Å². The molecule has 0 bridgehead atoms. The van der Waals surface area contributed by atoms with Crippen molar-refractivity contribution >= 4 is 62.9 Å². The summed E-state index contributed by atoms with van der Waals surface area (Å²) in [5, 5.41) is 8.06. The third-order valence-corrected chi connectivity index (χ3v) is 7.09. The van der Waals surface area contributed by atoms with E-state index in [4.69, 9.17) is 4.74 Å². The number of rotatable bonds is 10. The lowest BCUT2D eigenvalue weighted by molar-refractivity contribution is -0.114. The van der Waals surface area contributed by atoms with E-state index in [1.165, 1.54) is 23.9 Å². The number of hydrogen-bond donors (Lipinski definition) is 3. The summed E-state index contributed by atoms with van der Waals surface area (Å²) in [6.07, 6.45) is 1.56. The van der Waals surface area contributed by atoms with Gasteiger partial charge in [-0.1, -0.05) is 52.3 Å². The van der Waals surface area contributed by atoms with Gasteiger partial charge in [0.05, 0.1) is 18.6 Å². The van der Waals surface area contributed by atoms with Crippen molar-refractivity contribution in [2.75, 3.05) is 23.5 Å². The first-order valence-electron chi connectivity index (χ1n) is 12.3. The second-order valence-electron chi connectivity index (χ2n) is 8.60. The van der Waals surface area contributed by atoms with Crippen LogP contribution in [0.2, 0.25) is 0 Å². The Morgan fingerprint density at radius 1 is 0.902 bits per heavy atom. The highest BCUT2D eigenvalue weighted by Crippen LogP contribution is 2.24. The fourth-order valence-corrected chi connectivity index (χ4v) is 4.72. The van der Waals surface area contributed by atoms with Crippen LogP contribution in [0.3, 0.4) is 0 Å². The van der Waals surface area contributed by atoms with Crippen LogP contribution in [0.4, 0.5) is 15.8 Å². The van der Waals surface area contributed by atoms with Crippen LogP contribution < -0.4 is 20.7 Å². The van der Waals surface area contributed by atoms with Crippen molar-refractivity contribution in [1.29, 1.82) is 0 Å². The molecule has 10 heteroatoms. The van der Waals surface area contributed by atoms with Crippen molar-refractivity contribution in [2.45, 2.75) is 4.90 Å². The highest BCUT2D eigenvalue weighted by molar-refractivity contribution is 9.10. The third kappa shape index (κ3) is 8.79. The van der Waals surface area contributed by atoms with Gasteiger partial charge in [-0.15, -0.1) is 11.8 Å². The van der Waals surface area contributed by atoms with Gasteiger partial charge >= 0.3 is 0 Å². The Morgan fingerprint density at radius 2 is 1.68 bits per heavy atom. The number of ether oxygens (including phenoxy) is 1. The molecule has 0 saturated carbocycles. The van der Waals surface area contributed by atoms with E-state index in [9.17, 15) is 18.8 Å². The normalized spacial score (nSPS) is 11.0. The van der Waals surface area contributed by atoms with E-state index in [0.29, 0.717) is 31.9 Å². The van der Waals surface area contributed by atoms with Crippen molar-refractivity contribution in [3.8, 4) is 5.75 Å². The molecule has 4 aromatic carbocycles. The summed E-state index contributed by atoms with van der Waals surface area (Å²) in [7, 11) is 1.54. The Hall–Kier alpha value is -4.41. The zero-order chi connectivity index (χ0) is 29.2. The van der Waals surface area contributed by atoms with Crippen LogP contribution in [0.25, 0.3) is 6.08 Å². The molecule has 0 heterocycles. The third-order valence-electron chi connectivity index (χ3n) is 5.60. The Kier molecular flexibility index (Phi) is 10.3. The molecule has 0 saturated heterocycles. The van der Waals surface area contributed by atoms with E-state index in [1.807, 2.05) is 0 Å². The minimum Gasteiger partial charge on any atom is -0.497 e. The maximum Gasteiger partial charge on any atom is 0.272 e. The molecule has 4 aromatic rings. The first kappa shape index (κ1) is 29.6. The van der Waals surface area contributed by atoms with Gasteiger partial charge < -0.3 is 20.7 Å². The minimum absolute atomic E-state index is 0.0288. The fourth-order valence-electron chi connectivity index (χ4n) is 3.63. The summed E-state index contributed by atoms with van der Waals surface area (Å²) >= 11 is 4.41. The van der Waals surface area contributed by atoms with Gasteiger partial charge in [0.15, 0.2) is 0 Å². The van der Waals surface area contributed by atoms with Crippen molar-refractivity contribution in [3.63, 3.8) is 0 Å². The first-order valence-corrected chi connectivity index (χ1v) is 14.1. The molecule has 0 atom stereocenters. The summed E-state index contributed by atoms with van der Waals surface area (Å²) in [6, 6.07) is 27.0. The molecule has 208 valence electrons. The highest BCUT2D eigenvalue weighted by atomic mass is 79.9. The smallest absolute Gasteiger partial charge is 0.272 e. The average Bonchev–Trinajstić information content (AvgIpc) is 2.98. The molecule has 0 aromatic heterocycles. The summed E-state index contributed by atoms with van der Waals surface area (Å²) in [5.41, 5.74) is 1.63. The summed E-state index contributed by atoms with van der Waals surface area (Å²) in [6.45, 7) is 0. The minimum atomic E-state index is -0.542. The predicted octanol–water partition coefficient (Wildman–Crippen LogP) is 6.74. The largest absolute Gasteiger partial charge is 0.497 e. The topological polar surface area (TPSA) is 96.5 Å². The lowest BCUT2D eigenvalue weighted by Crippen LogP contribution is -2.30. The Labute approximate surface area is 249 Å². The maximum atomic E-state index is 14.0. The molecular formula is C31H25BrFN3O4S. The molecule has 41 heavy (non-hydrogen) atoms. The number of methoxy groups -OCH3 is 1. The molecule has 0 radical (unpaired) electrons. The fraction of sp³-hybridized carbons (Fsp3) is 0.0645. The molecule has 0 unspecified atom stereocenters. The van der Waals surface area contributed by atoms with Gasteiger partial charge in [-0.05, 0) is 72.3 Å². The molecule has 3 amide bonds. The SMILES string of the molecule is COc1cccc(/C=C(\NC(=O)c2ccccc2)C(=O)Nc2cccc(SCC(=O)Nc3ccc(Br)cc3F)c2)c1. The van der Waals surface area contributed by atoms with Crippen molar-refractivity contribution < 1.29 is 23.5 Å². The number of carbonyl (C=O) groups excluding carboxylic acids is 3. The number of nitrogens with one attached hydrogen (secondary N) is 3. The van der Waals surface area contributed by atoms with E-state index >= 15 is 0 Å². The number of thioether (sulfide) groups is 1. The van der Waals surface area contributed by atoms with Crippen LogP contribution in [0.5, 0.6) is 5.75 Å². The van der Waals surface area contributed by atoms with Gasteiger partial charge in [-0.3, -0.25) is 14.4 Å². The van der Waals surface area contributed by atoms with Gasteiger partial charge in [-0.2, -0.15) is 0 Å². The zero-order valence-electron chi connectivity index (χ0n) is 21.8. The lowest BCUT2D eigenvalue weighted by atomic mass is 10.1. The number of benzene rings is 4. The van der Waals surface area contributed by atoms with E-state index in [1.54, 1.807) is 98.1 Å². The van der Waals surface area contributed by atoms with Gasteiger partial charge in [0.1, 0.15) is 17.3 Å². The molecule has 0 fully saturated rings. The van der Waals surface area contributed by atoms with Crippen LogP contribution in [0.15, 0.2) is 112 Å². The van der Waals surface area contributed by atoms with E-state index in [0.717, 1.165) is 0 Å². The lowest BCUT2D eigenvalue weighted by Gasteiger charge is -2.12. The summed E-state index contributed by atoms with van der Waals surface area (Å²) < 4.78 is 19.9. The molecule has 0 aliphatic rings. The molecule has 7 nitrogen and oxygen atoms in total. The Bertz CT molecular complexity index is 1600. The maximum absolute atomic E-state index is 14.0. The van der Waals surface area contributed by atoms with Crippen LogP contribution in [-0.4, -0.2) is 30.6 Å². The van der Waals surface area contributed by atoms with Crippen LogP contribution in [-0.2, 0) is 9.59 Å². The summed E-state index contributed by atoms with van der Waals surface area (Å²) in [4.78, 5) is 39.3. The number of anilines is 2. The average molecular weight is 635 g/mol.